The molecule has 1 N–H and O–H groups in total. The average molecular weight is 155 g/mol. The Morgan fingerprint density at radius 3 is 2.91 bits per heavy atom. The van der Waals surface area contributed by atoms with Gasteiger partial charge in [-0.05, 0) is 19.0 Å². The molecule has 3 heteroatoms. The highest BCUT2D eigenvalue weighted by molar-refractivity contribution is 5.97. The predicted octanol–water partition coefficient (Wildman–Crippen LogP) is 0.120. The van der Waals surface area contributed by atoms with Gasteiger partial charge in [0.2, 0.25) is 0 Å². The summed E-state index contributed by atoms with van der Waals surface area (Å²) in [5.41, 5.74) is -0.623. The third-order valence-electron chi connectivity index (χ3n) is 2.14. The largest absolute Gasteiger partial charge is 0.369 e. The molecule has 1 saturated heterocycles. The van der Waals surface area contributed by atoms with E-state index in [1.54, 1.807) is 7.11 Å². The van der Waals surface area contributed by atoms with Gasteiger partial charge in [0.05, 0.1) is 0 Å². The molecule has 1 unspecified atom stereocenters. The van der Waals surface area contributed by atoms with Crippen LogP contribution in [0, 0.1) is 0 Å². The summed E-state index contributed by atoms with van der Waals surface area (Å²) in [4.78, 5) is 11.3. The monoisotopic (exact) mass is 155 g/mol. The molecule has 0 bridgehead atoms. The first-order valence-corrected chi connectivity index (χ1v) is 3.68. The van der Waals surface area contributed by atoms with Gasteiger partial charge in [-0.15, -0.1) is 0 Å². The molecular formula is C8H13NO2. The molecule has 1 aliphatic heterocycles. The third kappa shape index (κ3) is 1.34. The van der Waals surface area contributed by atoms with Crippen LogP contribution in [0.25, 0.3) is 0 Å². The first-order chi connectivity index (χ1) is 5.25. The number of hydrogen-bond acceptors (Lipinski definition) is 3. The van der Waals surface area contributed by atoms with Gasteiger partial charge >= 0.3 is 0 Å². The van der Waals surface area contributed by atoms with Crippen molar-refractivity contribution < 1.29 is 9.53 Å². The summed E-state index contributed by atoms with van der Waals surface area (Å²) >= 11 is 0. The highest BCUT2D eigenvalue weighted by Crippen LogP contribution is 2.20. The summed E-state index contributed by atoms with van der Waals surface area (Å²) in [5.74, 6) is -0.0231. The molecule has 1 rings (SSSR count). The van der Waals surface area contributed by atoms with Crippen LogP contribution in [0.4, 0.5) is 0 Å². The number of ether oxygens (including phenoxy) is 1. The maximum atomic E-state index is 11.3. The topological polar surface area (TPSA) is 38.3 Å². The van der Waals surface area contributed by atoms with E-state index in [2.05, 4.69) is 11.9 Å². The number of carbonyl (C=O) groups is 1. The number of nitrogens with one attached hydrogen (secondary N) is 1. The second kappa shape index (κ2) is 3.15. The second-order valence-electron chi connectivity index (χ2n) is 2.69. The van der Waals surface area contributed by atoms with E-state index in [1.165, 1.54) is 6.08 Å². The van der Waals surface area contributed by atoms with Gasteiger partial charge in [0.15, 0.2) is 5.78 Å². The van der Waals surface area contributed by atoms with E-state index >= 15 is 0 Å². The first kappa shape index (κ1) is 8.43. The van der Waals surface area contributed by atoms with Crippen molar-refractivity contribution in [3.05, 3.63) is 12.7 Å². The fourth-order valence-corrected chi connectivity index (χ4v) is 1.34. The maximum Gasteiger partial charge on any atom is 0.188 e. The molecule has 0 radical (unpaired) electrons. The lowest BCUT2D eigenvalue weighted by atomic mass is 9.97. The van der Waals surface area contributed by atoms with Crippen LogP contribution in [0.5, 0.6) is 0 Å². The zero-order valence-corrected chi connectivity index (χ0v) is 6.72. The van der Waals surface area contributed by atoms with Gasteiger partial charge in [-0.3, -0.25) is 4.79 Å². The molecule has 3 nitrogen and oxygen atoms in total. The highest BCUT2D eigenvalue weighted by atomic mass is 16.5. The van der Waals surface area contributed by atoms with E-state index in [4.69, 9.17) is 4.74 Å². The average Bonchev–Trinajstić information content (AvgIpc) is 2.52. The van der Waals surface area contributed by atoms with Gasteiger partial charge in [0.1, 0.15) is 5.60 Å². The molecule has 11 heavy (non-hydrogen) atoms. The van der Waals surface area contributed by atoms with Crippen LogP contribution in [-0.2, 0) is 9.53 Å². The summed E-state index contributed by atoms with van der Waals surface area (Å²) in [5, 5.41) is 3.09. The van der Waals surface area contributed by atoms with Crippen molar-refractivity contribution in [1.29, 1.82) is 0 Å². The maximum absolute atomic E-state index is 11.3. The Kier molecular flexibility index (Phi) is 2.42. The van der Waals surface area contributed by atoms with Crippen LogP contribution in [0.15, 0.2) is 12.7 Å². The molecule has 1 atom stereocenters. The molecule has 62 valence electrons. The quantitative estimate of drug-likeness (QED) is 0.588. The number of rotatable bonds is 3. The SMILES string of the molecule is C=CC(=O)C1(OC)CCNC1. The van der Waals surface area contributed by atoms with Crippen molar-refractivity contribution in [2.45, 2.75) is 12.0 Å². The molecule has 0 spiro atoms. The smallest absolute Gasteiger partial charge is 0.188 e. The van der Waals surface area contributed by atoms with Crippen molar-refractivity contribution in [3.8, 4) is 0 Å². The summed E-state index contributed by atoms with van der Waals surface area (Å²) < 4.78 is 5.17. The zero-order chi connectivity index (χ0) is 8.32. The lowest BCUT2D eigenvalue weighted by Crippen LogP contribution is -2.41. The zero-order valence-electron chi connectivity index (χ0n) is 6.72. The van der Waals surface area contributed by atoms with Crippen LogP contribution in [0.2, 0.25) is 0 Å². The van der Waals surface area contributed by atoms with Gasteiger partial charge < -0.3 is 10.1 Å². The molecular weight excluding hydrogens is 142 g/mol. The van der Waals surface area contributed by atoms with Gasteiger partial charge in [-0.1, -0.05) is 6.58 Å². The first-order valence-electron chi connectivity index (χ1n) is 3.68. The minimum Gasteiger partial charge on any atom is -0.369 e. The third-order valence-corrected chi connectivity index (χ3v) is 2.14. The predicted molar refractivity (Wildman–Crippen MR) is 42.4 cm³/mol. The van der Waals surface area contributed by atoms with Gasteiger partial charge in [-0.2, -0.15) is 0 Å². The van der Waals surface area contributed by atoms with Crippen LogP contribution in [0.3, 0.4) is 0 Å². The van der Waals surface area contributed by atoms with E-state index in [1.807, 2.05) is 0 Å². The lowest BCUT2D eigenvalue weighted by Gasteiger charge is -2.22. The molecule has 0 aromatic carbocycles. The Bertz CT molecular complexity index is 171. The van der Waals surface area contributed by atoms with Crippen LogP contribution >= 0.6 is 0 Å². The van der Waals surface area contributed by atoms with Crippen molar-refractivity contribution in [2.24, 2.45) is 0 Å². The minimum atomic E-state index is -0.623. The van der Waals surface area contributed by atoms with E-state index in [0.29, 0.717) is 6.54 Å². The van der Waals surface area contributed by atoms with Gasteiger partial charge in [0.25, 0.3) is 0 Å². The minimum absolute atomic E-state index is 0.0231. The van der Waals surface area contributed by atoms with Crippen LogP contribution < -0.4 is 5.32 Å². The number of methoxy groups -OCH3 is 1. The Morgan fingerprint density at radius 1 is 1.82 bits per heavy atom. The van der Waals surface area contributed by atoms with E-state index < -0.39 is 5.60 Å². The Balaban J connectivity index is 2.73. The Hall–Kier alpha value is -0.670. The van der Waals surface area contributed by atoms with Crippen molar-refractivity contribution >= 4 is 5.78 Å². The summed E-state index contributed by atoms with van der Waals surface area (Å²) in [6.07, 6.45) is 2.07. The van der Waals surface area contributed by atoms with Crippen molar-refractivity contribution in [1.82, 2.24) is 5.32 Å². The van der Waals surface area contributed by atoms with Crippen LogP contribution in [-0.4, -0.2) is 31.6 Å². The lowest BCUT2D eigenvalue weighted by molar-refractivity contribution is -0.133. The Labute approximate surface area is 66.4 Å². The van der Waals surface area contributed by atoms with Gasteiger partial charge in [0, 0.05) is 13.7 Å². The van der Waals surface area contributed by atoms with E-state index in [-0.39, 0.29) is 5.78 Å². The van der Waals surface area contributed by atoms with Crippen molar-refractivity contribution in [2.75, 3.05) is 20.2 Å². The van der Waals surface area contributed by atoms with Gasteiger partial charge in [-0.25, -0.2) is 0 Å². The molecule has 0 aromatic heterocycles. The van der Waals surface area contributed by atoms with Crippen molar-refractivity contribution in [3.63, 3.8) is 0 Å². The fraction of sp³-hybridized carbons (Fsp3) is 0.625. The molecule has 1 heterocycles. The molecule has 0 saturated carbocycles. The molecule has 1 fully saturated rings. The highest BCUT2D eigenvalue weighted by Gasteiger charge is 2.39. The molecule has 0 amide bonds. The summed E-state index contributed by atoms with van der Waals surface area (Å²) in [7, 11) is 1.56. The molecule has 1 aliphatic rings. The second-order valence-corrected chi connectivity index (χ2v) is 2.69. The summed E-state index contributed by atoms with van der Waals surface area (Å²) in [6, 6.07) is 0. The summed E-state index contributed by atoms with van der Waals surface area (Å²) in [6.45, 7) is 4.89. The van der Waals surface area contributed by atoms with Crippen LogP contribution in [0.1, 0.15) is 6.42 Å². The van der Waals surface area contributed by atoms with E-state index in [9.17, 15) is 4.79 Å². The van der Waals surface area contributed by atoms with E-state index in [0.717, 1.165) is 13.0 Å². The standard InChI is InChI=1S/C8H13NO2/c1-3-7(10)8(11-2)4-5-9-6-8/h3,9H,1,4-6H2,2H3. The Morgan fingerprint density at radius 2 is 2.55 bits per heavy atom. The number of hydrogen-bond donors (Lipinski definition) is 1. The molecule has 0 aromatic rings. The number of carbonyl (C=O) groups excluding carboxylic acids is 1. The normalized spacial score (nSPS) is 30.3. The number of ketones is 1. The molecule has 0 aliphatic carbocycles. The fourth-order valence-electron chi connectivity index (χ4n) is 1.34.